The molecule has 5 nitrogen and oxygen atoms in total. The molecular weight excluding hydrogens is 362 g/mol. The van der Waals surface area contributed by atoms with Crippen molar-refractivity contribution in [3.05, 3.63) is 59.8 Å². The van der Waals surface area contributed by atoms with Crippen LogP contribution in [0.2, 0.25) is 0 Å². The highest BCUT2D eigenvalue weighted by Gasteiger charge is 2.07. The molecule has 0 atom stereocenters. The molecule has 2 aromatic heterocycles. The molecule has 4 rings (SSSR count). The number of hydrogen-bond donors (Lipinski definition) is 3. The highest BCUT2D eigenvalue weighted by Crippen LogP contribution is 2.31. The highest BCUT2D eigenvalue weighted by atomic mass is 32.1. The number of hydrogen-bond acceptors (Lipinski definition) is 4. The van der Waals surface area contributed by atoms with Gasteiger partial charge in [-0.3, -0.25) is 5.10 Å². The molecule has 0 bridgehead atoms. The van der Waals surface area contributed by atoms with Crippen LogP contribution in [0.5, 0.6) is 0 Å². The molecule has 0 saturated carbocycles. The van der Waals surface area contributed by atoms with Crippen LogP contribution in [-0.4, -0.2) is 20.3 Å². The first-order valence-corrected chi connectivity index (χ1v) is 9.37. The molecular formula is C19H17N5S2. The van der Waals surface area contributed by atoms with Crippen LogP contribution in [0.25, 0.3) is 20.8 Å². The quantitative estimate of drug-likeness (QED) is 0.432. The number of nitrogens with one attached hydrogen (secondary N) is 3. The average molecular weight is 380 g/mol. The molecule has 7 heteroatoms. The Hall–Kier alpha value is -2.77. The van der Waals surface area contributed by atoms with Gasteiger partial charge in [0.15, 0.2) is 10.9 Å². The molecule has 2 heterocycles. The molecule has 0 unspecified atom stereocenters. The number of nitrogens with zero attached hydrogens (tertiary/aromatic N) is 2. The van der Waals surface area contributed by atoms with Gasteiger partial charge >= 0.3 is 0 Å². The van der Waals surface area contributed by atoms with Crippen LogP contribution < -0.4 is 10.6 Å². The van der Waals surface area contributed by atoms with Gasteiger partial charge in [0, 0.05) is 23.0 Å². The van der Waals surface area contributed by atoms with E-state index < -0.39 is 0 Å². The van der Waals surface area contributed by atoms with E-state index in [2.05, 4.69) is 46.0 Å². The van der Waals surface area contributed by atoms with Gasteiger partial charge in [0.25, 0.3) is 0 Å². The van der Waals surface area contributed by atoms with E-state index in [9.17, 15) is 0 Å². The van der Waals surface area contributed by atoms with Gasteiger partial charge in [-0.25, -0.2) is 4.98 Å². The number of fused-ring (bicyclic) bond motifs is 1. The van der Waals surface area contributed by atoms with Gasteiger partial charge in [-0.2, -0.15) is 5.10 Å². The summed E-state index contributed by atoms with van der Waals surface area (Å²) in [6, 6.07) is 16.3. The number of aromatic amines is 1. The molecule has 0 aliphatic carbocycles. The second-order valence-corrected chi connectivity index (χ2v) is 7.52. The fraction of sp³-hybridized carbons (Fsp3) is 0.105. The van der Waals surface area contributed by atoms with Crippen molar-refractivity contribution >= 4 is 50.4 Å². The van der Waals surface area contributed by atoms with Gasteiger partial charge in [-0.15, -0.1) is 11.3 Å². The minimum atomic E-state index is 0.500. The van der Waals surface area contributed by atoms with Crippen LogP contribution in [0.3, 0.4) is 0 Å². The third-order valence-electron chi connectivity index (χ3n) is 3.88. The zero-order valence-electron chi connectivity index (χ0n) is 14.3. The zero-order valence-corrected chi connectivity index (χ0v) is 16.0. The second kappa shape index (κ2) is 6.86. The summed E-state index contributed by atoms with van der Waals surface area (Å²) >= 11 is 7.03. The predicted molar refractivity (Wildman–Crippen MR) is 113 cm³/mol. The van der Waals surface area contributed by atoms with Crippen LogP contribution in [-0.2, 0) is 0 Å². The maximum atomic E-state index is 5.32. The van der Waals surface area contributed by atoms with E-state index in [1.807, 2.05) is 37.3 Å². The predicted octanol–water partition coefficient (Wildman–Crippen LogP) is 5.11. The van der Waals surface area contributed by atoms with Crippen molar-refractivity contribution in [2.24, 2.45) is 0 Å². The van der Waals surface area contributed by atoms with Crippen molar-refractivity contribution in [3.63, 3.8) is 0 Å². The Morgan fingerprint density at radius 1 is 1.04 bits per heavy atom. The standard InChI is InChI=1S/C19H17N5S2/c1-11-3-8-15-16(9-11)26-18(21-15)13-4-6-14(7-5-13)20-19(25)22-17-10-12(2)23-24-17/h3-10H,1-2H3,(H3,20,22,23,24,25). The molecule has 0 fully saturated rings. The van der Waals surface area contributed by atoms with Crippen LogP contribution >= 0.6 is 23.6 Å². The van der Waals surface area contributed by atoms with E-state index in [-0.39, 0.29) is 0 Å². The van der Waals surface area contributed by atoms with E-state index in [1.165, 1.54) is 10.3 Å². The minimum absolute atomic E-state index is 0.500. The largest absolute Gasteiger partial charge is 0.332 e. The molecule has 2 aromatic carbocycles. The fourth-order valence-electron chi connectivity index (χ4n) is 2.61. The summed E-state index contributed by atoms with van der Waals surface area (Å²) in [4.78, 5) is 4.72. The van der Waals surface area contributed by atoms with Crippen LogP contribution in [0, 0.1) is 13.8 Å². The molecule has 4 aromatic rings. The number of rotatable bonds is 3. The van der Waals surface area contributed by atoms with Crippen molar-refractivity contribution in [1.29, 1.82) is 0 Å². The monoisotopic (exact) mass is 379 g/mol. The van der Waals surface area contributed by atoms with E-state index in [0.29, 0.717) is 10.9 Å². The number of benzene rings is 2. The number of aromatic nitrogens is 3. The van der Waals surface area contributed by atoms with Gasteiger partial charge in [0.05, 0.1) is 10.2 Å². The van der Waals surface area contributed by atoms with Crippen LogP contribution in [0.4, 0.5) is 11.5 Å². The normalized spacial score (nSPS) is 10.8. The Morgan fingerprint density at radius 3 is 2.58 bits per heavy atom. The SMILES string of the molecule is Cc1ccc2nc(-c3ccc(NC(=S)Nc4cc(C)[nH]n4)cc3)sc2c1. The molecule has 0 amide bonds. The lowest BCUT2D eigenvalue weighted by Crippen LogP contribution is -2.19. The topological polar surface area (TPSA) is 65.6 Å². The van der Waals surface area contributed by atoms with Gasteiger partial charge in [0.2, 0.25) is 0 Å². The first-order chi connectivity index (χ1) is 12.6. The molecule has 26 heavy (non-hydrogen) atoms. The van der Waals surface area contributed by atoms with Crippen molar-refractivity contribution in [1.82, 2.24) is 15.2 Å². The van der Waals surface area contributed by atoms with E-state index >= 15 is 0 Å². The summed E-state index contributed by atoms with van der Waals surface area (Å²) in [6.45, 7) is 4.04. The number of H-pyrrole nitrogens is 1. The number of anilines is 2. The Balaban J connectivity index is 1.48. The van der Waals surface area contributed by atoms with Crippen molar-refractivity contribution in [2.45, 2.75) is 13.8 Å². The Morgan fingerprint density at radius 2 is 1.85 bits per heavy atom. The Bertz CT molecular complexity index is 1080. The third kappa shape index (κ3) is 3.58. The maximum absolute atomic E-state index is 5.32. The summed E-state index contributed by atoms with van der Waals surface area (Å²) in [5.74, 6) is 0.696. The molecule has 130 valence electrons. The average Bonchev–Trinajstić information content (AvgIpc) is 3.21. The first kappa shape index (κ1) is 16.7. The fourth-order valence-corrected chi connectivity index (χ4v) is 3.90. The van der Waals surface area contributed by atoms with Crippen molar-refractivity contribution in [2.75, 3.05) is 10.6 Å². The summed E-state index contributed by atoms with van der Waals surface area (Å²) in [5, 5.41) is 14.7. The smallest absolute Gasteiger partial charge is 0.176 e. The zero-order chi connectivity index (χ0) is 18.1. The van der Waals surface area contributed by atoms with Gasteiger partial charge < -0.3 is 10.6 Å². The molecule has 0 saturated heterocycles. The lowest BCUT2D eigenvalue weighted by atomic mass is 10.2. The van der Waals surface area contributed by atoms with Crippen LogP contribution in [0.1, 0.15) is 11.3 Å². The molecule has 0 radical (unpaired) electrons. The molecule has 0 spiro atoms. The summed E-state index contributed by atoms with van der Waals surface area (Å²) in [6.07, 6.45) is 0. The van der Waals surface area contributed by atoms with Gasteiger partial charge in [0.1, 0.15) is 5.01 Å². The van der Waals surface area contributed by atoms with Crippen LogP contribution in [0.15, 0.2) is 48.5 Å². The van der Waals surface area contributed by atoms with Crippen molar-refractivity contribution in [3.8, 4) is 10.6 Å². The van der Waals surface area contributed by atoms with Gasteiger partial charge in [-0.05, 0) is 68.0 Å². The summed E-state index contributed by atoms with van der Waals surface area (Å²) in [7, 11) is 0. The number of thiocarbonyl (C=S) groups is 1. The van der Waals surface area contributed by atoms with E-state index in [0.717, 1.165) is 27.5 Å². The van der Waals surface area contributed by atoms with Crippen molar-refractivity contribution < 1.29 is 0 Å². The summed E-state index contributed by atoms with van der Waals surface area (Å²) < 4.78 is 1.21. The second-order valence-electron chi connectivity index (χ2n) is 6.08. The molecule has 0 aliphatic heterocycles. The highest BCUT2D eigenvalue weighted by molar-refractivity contribution is 7.80. The first-order valence-electron chi connectivity index (χ1n) is 8.14. The van der Waals surface area contributed by atoms with E-state index in [4.69, 9.17) is 17.2 Å². The van der Waals surface area contributed by atoms with Gasteiger partial charge in [-0.1, -0.05) is 6.07 Å². The Labute approximate surface area is 160 Å². The lowest BCUT2D eigenvalue weighted by Gasteiger charge is -2.08. The maximum Gasteiger partial charge on any atom is 0.176 e. The molecule has 3 N–H and O–H groups in total. The Kier molecular flexibility index (Phi) is 4.40. The third-order valence-corrected chi connectivity index (χ3v) is 5.15. The lowest BCUT2D eigenvalue weighted by molar-refractivity contribution is 1.05. The molecule has 0 aliphatic rings. The minimum Gasteiger partial charge on any atom is -0.332 e. The summed E-state index contributed by atoms with van der Waals surface area (Å²) in [5.41, 5.74) is 5.27. The number of thiazole rings is 1. The van der Waals surface area contributed by atoms with E-state index in [1.54, 1.807) is 11.3 Å². The number of aryl methyl sites for hydroxylation is 2.